The van der Waals surface area contributed by atoms with Gasteiger partial charge >= 0.3 is 0 Å². The Bertz CT molecular complexity index is 1670. The lowest BCUT2D eigenvalue weighted by molar-refractivity contribution is -0.132. The molecule has 1 aliphatic heterocycles. The molecule has 5 aromatic rings. The third-order valence-corrected chi connectivity index (χ3v) is 8.03. The Labute approximate surface area is 228 Å². The van der Waals surface area contributed by atoms with E-state index in [0.717, 1.165) is 12.0 Å². The first kappa shape index (κ1) is 25.1. The number of carbonyl (C=O) groups excluding carboxylic acids is 1. The number of rotatable bonds is 8. The molecule has 0 spiro atoms. The Hall–Kier alpha value is -4.24. The number of amides is 1. The van der Waals surface area contributed by atoms with Gasteiger partial charge in [-0.2, -0.15) is 5.10 Å². The number of carbonyl (C=O) groups is 1. The van der Waals surface area contributed by atoms with Crippen LogP contribution < -0.4 is 5.56 Å². The van der Waals surface area contributed by atoms with Crippen molar-refractivity contribution in [1.29, 1.82) is 0 Å². The first-order chi connectivity index (χ1) is 19.1. The highest BCUT2D eigenvalue weighted by Gasteiger charge is 2.31. The second-order valence-corrected chi connectivity index (χ2v) is 10.5. The van der Waals surface area contributed by atoms with E-state index in [1.165, 1.54) is 35.7 Å². The van der Waals surface area contributed by atoms with Crippen molar-refractivity contribution in [2.45, 2.75) is 30.6 Å². The van der Waals surface area contributed by atoms with Gasteiger partial charge in [0, 0.05) is 25.3 Å². The second kappa shape index (κ2) is 10.9. The molecule has 0 aliphatic carbocycles. The van der Waals surface area contributed by atoms with Gasteiger partial charge in [-0.05, 0) is 41.8 Å². The predicted molar refractivity (Wildman–Crippen MR) is 149 cm³/mol. The smallest absolute Gasteiger partial charge is 0.265 e. The van der Waals surface area contributed by atoms with Crippen molar-refractivity contribution < 1.29 is 9.18 Å². The van der Waals surface area contributed by atoms with Crippen LogP contribution in [-0.2, 0) is 17.8 Å². The maximum absolute atomic E-state index is 13.7. The quantitative estimate of drug-likeness (QED) is 0.259. The minimum atomic E-state index is -0.350. The summed E-state index contributed by atoms with van der Waals surface area (Å²) in [5.41, 5.74) is 3.06. The van der Waals surface area contributed by atoms with Gasteiger partial charge in [0.15, 0.2) is 10.8 Å². The van der Waals surface area contributed by atoms with E-state index in [1.807, 2.05) is 53.4 Å². The van der Waals surface area contributed by atoms with Gasteiger partial charge in [-0.1, -0.05) is 72.4 Å². The summed E-state index contributed by atoms with van der Waals surface area (Å²) >= 11 is 1.46. The number of halogens is 1. The van der Waals surface area contributed by atoms with Crippen molar-refractivity contribution in [1.82, 2.24) is 24.2 Å². The zero-order chi connectivity index (χ0) is 26.8. The van der Waals surface area contributed by atoms with Gasteiger partial charge in [-0.25, -0.2) is 14.1 Å². The number of nitrogens with zero attached hydrogens (tertiary/aromatic N) is 5. The van der Waals surface area contributed by atoms with E-state index in [-0.39, 0.29) is 29.7 Å². The molecular weight excluding hydrogens is 513 g/mol. The van der Waals surface area contributed by atoms with E-state index < -0.39 is 0 Å². The van der Waals surface area contributed by atoms with Crippen LogP contribution in [0.3, 0.4) is 0 Å². The van der Waals surface area contributed by atoms with Crippen LogP contribution >= 0.6 is 11.8 Å². The monoisotopic (exact) mass is 539 g/mol. The topological polar surface area (TPSA) is 73.0 Å². The number of fused-ring (bicyclic) bond motifs is 2. The summed E-state index contributed by atoms with van der Waals surface area (Å²) in [5.74, 6) is 0.238. The molecule has 196 valence electrons. The molecule has 2 aromatic heterocycles. The highest BCUT2D eigenvalue weighted by Crippen LogP contribution is 2.34. The maximum Gasteiger partial charge on any atom is 0.265 e. The fourth-order valence-electron chi connectivity index (χ4n) is 4.89. The van der Waals surface area contributed by atoms with Crippen LogP contribution in [0.1, 0.15) is 23.6 Å². The zero-order valence-electron chi connectivity index (χ0n) is 21.1. The van der Waals surface area contributed by atoms with Crippen LogP contribution in [-0.4, -0.2) is 42.4 Å². The Morgan fingerprint density at radius 3 is 2.38 bits per heavy atom. The summed E-state index contributed by atoms with van der Waals surface area (Å²) in [6.45, 7) is 1.09. The van der Waals surface area contributed by atoms with E-state index in [4.69, 9.17) is 4.98 Å². The molecule has 3 heterocycles. The lowest BCUT2D eigenvalue weighted by atomic mass is 10.1. The fraction of sp³-hybridized carbons (Fsp3) is 0.200. The van der Waals surface area contributed by atoms with Crippen molar-refractivity contribution in [3.8, 4) is 5.69 Å². The largest absolute Gasteiger partial charge is 0.338 e. The second-order valence-electron chi connectivity index (χ2n) is 9.55. The molecule has 0 fully saturated rings. The summed E-state index contributed by atoms with van der Waals surface area (Å²) in [6.07, 6.45) is 2.45. The van der Waals surface area contributed by atoms with Crippen LogP contribution in [0.5, 0.6) is 0 Å². The van der Waals surface area contributed by atoms with Gasteiger partial charge in [0.1, 0.15) is 11.2 Å². The normalized spacial score (nSPS) is 14.4. The van der Waals surface area contributed by atoms with Gasteiger partial charge in [0.2, 0.25) is 5.91 Å². The number of thioether (sulfide) groups is 1. The van der Waals surface area contributed by atoms with E-state index in [2.05, 4.69) is 17.2 Å². The SMILES string of the molecule is O=C(CC1CSc2nc3c(cnn3-c3ccc(F)cc3)c(=O)n21)N(CCc1ccccc1)Cc1ccccc1. The molecule has 0 radical (unpaired) electrons. The third-order valence-electron chi connectivity index (χ3n) is 6.93. The molecule has 0 saturated carbocycles. The van der Waals surface area contributed by atoms with Crippen LogP contribution in [0.2, 0.25) is 0 Å². The van der Waals surface area contributed by atoms with Crippen LogP contribution in [0.4, 0.5) is 4.39 Å². The number of hydrogen-bond acceptors (Lipinski definition) is 5. The molecule has 39 heavy (non-hydrogen) atoms. The van der Waals surface area contributed by atoms with Gasteiger partial charge < -0.3 is 4.90 Å². The van der Waals surface area contributed by atoms with E-state index in [0.29, 0.717) is 40.7 Å². The molecule has 1 aliphatic rings. The van der Waals surface area contributed by atoms with Gasteiger partial charge in [-0.15, -0.1) is 0 Å². The van der Waals surface area contributed by atoms with Crippen LogP contribution in [0.15, 0.2) is 101 Å². The summed E-state index contributed by atoms with van der Waals surface area (Å²) in [6, 6.07) is 25.7. The molecule has 0 bridgehead atoms. The molecule has 1 amide bonds. The van der Waals surface area contributed by atoms with Crippen molar-refractivity contribution in [2.75, 3.05) is 12.3 Å². The Morgan fingerprint density at radius 1 is 0.974 bits per heavy atom. The van der Waals surface area contributed by atoms with E-state index >= 15 is 0 Å². The predicted octanol–water partition coefficient (Wildman–Crippen LogP) is 5.03. The summed E-state index contributed by atoms with van der Waals surface area (Å²) in [4.78, 5) is 33.8. The van der Waals surface area contributed by atoms with Crippen molar-refractivity contribution in [2.24, 2.45) is 0 Å². The first-order valence-electron chi connectivity index (χ1n) is 12.8. The zero-order valence-corrected chi connectivity index (χ0v) is 21.9. The minimum Gasteiger partial charge on any atom is -0.338 e. The average Bonchev–Trinajstić information content (AvgIpc) is 3.57. The summed E-state index contributed by atoms with van der Waals surface area (Å²) in [7, 11) is 0. The van der Waals surface area contributed by atoms with Gasteiger partial charge in [0.25, 0.3) is 5.56 Å². The Kier molecular flexibility index (Phi) is 6.98. The Morgan fingerprint density at radius 2 is 1.67 bits per heavy atom. The van der Waals surface area contributed by atoms with Crippen molar-refractivity contribution in [3.05, 3.63) is 118 Å². The van der Waals surface area contributed by atoms with E-state index in [1.54, 1.807) is 21.4 Å². The van der Waals surface area contributed by atoms with Crippen molar-refractivity contribution >= 4 is 28.7 Å². The highest BCUT2D eigenvalue weighted by molar-refractivity contribution is 7.99. The number of benzene rings is 3. The van der Waals surface area contributed by atoms with Crippen LogP contribution in [0.25, 0.3) is 16.7 Å². The molecule has 6 rings (SSSR count). The molecule has 9 heteroatoms. The van der Waals surface area contributed by atoms with Gasteiger partial charge in [-0.3, -0.25) is 14.2 Å². The molecule has 0 N–H and O–H groups in total. The minimum absolute atomic E-state index is 0.00207. The van der Waals surface area contributed by atoms with Gasteiger partial charge in [0.05, 0.1) is 17.9 Å². The standard InChI is InChI=1S/C30H26FN5O2S/c31-23-11-13-24(14-12-23)36-28-26(18-32-36)29(38)35-25(20-39-30(35)33-28)17-27(37)34(19-22-9-5-2-6-10-22)16-15-21-7-3-1-4-8-21/h1-14,18,25H,15-17,19-20H2. The summed E-state index contributed by atoms with van der Waals surface area (Å²) < 4.78 is 16.6. The van der Waals surface area contributed by atoms with Crippen molar-refractivity contribution in [3.63, 3.8) is 0 Å². The lowest BCUT2D eigenvalue weighted by Crippen LogP contribution is -2.35. The third kappa shape index (κ3) is 5.22. The van der Waals surface area contributed by atoms with Crippen LogP contribution in [0, 0.1) is 5.82 Å². The molecule has 7 nitrogen and oxygen atoms in total. The lowest BCUT2D eigenvalue weighted by Gasteiger charge is -2.25. The first-order valence-corrected chi connectivity index (χ1v) is 13.8. The molecule has 0 saturated heterocycles. The fourth-order valence-corrected chi connectivity index (χ4v) is 6.02. The number of hydrogen-bond donors (Lipinski definition) is 0. The Balaban J connectivity index is 1.26. The number of aromatic nitrogens is 4. The molecule has 1 atom stereocenters. The molecule has 1 unspecified atom stereocenters. The maximum atomic E-state index is 13.7. The highest BCUT2D eigenvalue weighted by atomic mass is 32.2. The molecule has 3 aromatic carbocycles. The molecular formula is C30H26FN5O2S. The average molecular weight is 540 g/mol. The summed E-state index contributed by atoms with van der Waals surface area (Å²) in [5, 5.41) is 5.28. The van der Waals surface area contributed by atoms with E-state index in [9.17, 15) is 14.0 Å².